The number of aromatic nitrogens is 2. The molecule has 1 amide bonds. The number of carbonyl (C=O) groups is 1. The molecular weight excluding hydrogens is 310 g/mol. The van der Waals surface area contributed by atoms with E-state index in [0.29, 0.717) is 25.5 Å². The van der Waals surface area contributed by atoms with E-state index in [9.17, 15) is 4.79 Å². The van der Waals surface area contributed by atoms with Gasteiger partial charge in [0.1, 0.15) is 11.5 Å². The largest absolute Gasteiger partial charge is 0.355 e. The first-order chi connectivity index (χ1) is 11.6. The third-order valence-corrected chi connectivity index (χ3v) is 4.38. The van der Waals surface area contributed by atoms with Crippen LogP contribution in [0.2, 0.25) is 0 Å². The zero-order chi connectivity index (χ0) is 17.0. The molecule has 0 aromatic carbocycles. The van der Waals surface area contributed by atoms with Crippen molar-refractivity contribution in [3.63, 3.8) is 0 Å². The first-order valence-electron chi connectivity index (χ1n) is 8.36. The second-order valence-electron chi connectivity index (χ2n) is 6.41. The quantitative estimate of drug-likeness (QED) is 0.818. The number of amides is 1. The Morgan fingerprint density at radius 2 is 1.96 bits per heavy atom. The highest BCUT2D eigenvalue weighted by atomic mass is 16.7. The third-order valence-electron chi connectivity index (χ3n) is 4.38. The molecule has 0 saturated carbocycles. The number of likely N-dealkylation sites (N-methyl/N-ethyl adjacent to an activating group) is 1. The van der Waals surface area contributed by atoms with Crippen LogP contribution in [0.3, 0.4) is 0 Å². The molecule has 0 bridgehead atoms. The summed E-state index contributed by atoms with van der Waals surface area (Å²) in [5.74, 6) is 0.199. The van der Waals surface area contributed by atoms with Crippen LogP contribution in [-0.4, -0.2) is 80.1 Å². The minimum atomic E-state index is -0.393. The van der Waals surface area contributed by atoms with Crippen molar-refractivity contribution >= 4 is 11.7 Å². The molecule has 2 aliphatic rings. The van der Waals surface area contributed by atoms with Crippen molar-refractivity contribution in [3.8, 4) is 0 Å². The fraction of sp³-hybridized carbons (Fsp3) is 0.688. The molecule has 0 unspecified atom stereocenters. The molecule has 3 rings (SSSR count). The second-order valence-corrected chi connectivity index (χ2v) is 6.41. The predicted octanol–water partition coefficient (Wildman–Crippen LogP) is 0.111. The summed E-state index contributed by atoms with van der Waals surface area (Å²) in [6.07, 6.45) is 4.84. The van der Waals surface area contributed by atoms with Crippen molar-refractivity contribution < 1.29 is 14.3 Å². The number of carbonyl (C=O) groups excluding carboxylic acids is 1. The molecule has 1 spiro atoms. The van der Waals surface area contributed by atoms with E-state index in [4.69, 9.17) is 9.47 Å². The lowest BCUT2D eigenvalue weighted by Gasteiger charge is -2.37. The van der Waals surface area contributed by atoms with Crippen LogP contribution in [-0.2, 0) is 9.47 Å². The van der Waals surface area contributed by atoms with E-state index in [-0.39, 0.29) is 5.91 Å². The maximum absolute atomic E-state index is 12.0. The minimum Gasteiger partial charge on any atom is -0.355 e. The number of nitrogens with one attached hydrogen (secondary N) is 1. The molecule has 0 atom stereocenters. The Bertz CT molecular complexity index is 547. The number of rotatable bonds is 5. The van der Waals surface area contributed by atoms with Crippen molar-refractivity contribution in [2.45, 2.75) is 18.6 Å². The van der Waals surface area contributed by atoms with Crippen LogP contribution in [0.15, 0.2) is 12.4 Å². The molecular formula is C16H25N5O3. The van der Waals surface area contributed by atoms with Crippen LogP contribution in [0.1, 0.15) is 23.3 Å². The van der Waals surface area contributed by atoms with Gasteiger partial charge in [0.25, 0.3) is 5.91 Å². The van der Waals surface area contributed by atoms with Gasteiger partial charge in [0.2, 0.25) is 0 Å². The van der Waals surface area contributed by atoms with E-state index in [1.807, 2.05) is 19.0 Å². The average Bonchev–Trinajstić information content (AvgIpc) is 3.03. The van der Waals surface area contributed by atoms with E-state index >= 15 is 0 Å². The SMILES string of the molecule is CN(C)CCNC(=O)c1cnc(N2CCC3(CC2)OCCO3)cn1. The van der Waals surface area contributed by atoms with Gasteiger partial charge in [-0.25, -0.2) is 9.97 Å². The molecule has 132 valence electrons. The highest BCUT2D eigenvalue weighted by molar-refractivity contribution is 5.91. The van der Waals surface area contributed by atoms with E-state index < -0.39 is 5.79 Å². The van der Waals surface area contributed by atoms with Crippen LogP contribution in [0.4, 0.5) is 5.82 Å². The predicted molar refractivity (Wildman–Crippen MR) is 89.0 cm³/mol. The standard InChI is InChI=1S/C16H25N5O3/c1-20(2)8-5-17-15(22)13-11-19-14(12-18-13)21-6-3-16(4-7-21)23-9-10-24-16/h11-12H,3-10H2,1-2H3,(H,17,22). The molecule has 2 fully saturated rings. The summed E-state index contributed by atoms with van der Waals surface area (Å²) in [4.78, 5) is 24.8. The molecule has 0 aliphatic carbocycles. The normalized spacial score (nSPS) is 19.9. The highest BCUT2D eigenvalue weighted by Gasteiger charge is 2.40. The Balaban J connectivity index is 1.52. The van der Waals surface area contributed by atoms with Gasteiger partial charge < -0.3 is 24.6 Å². The third kappa shape index (κ3) is 4.00. The van der Waals surface area contributed by atoms with Crippen molar-refractivity contribution in [2.24, 2.45) is 0 Å². The number of nitrogens with zero attached hydrogens (tertiary/aromatic N) is 4. The maximum Gasteiger partial charge on any atom is 0.271 e. The molecule has 8 nitrogen and oxygen atoms in total. The molecule has 24 heavy (non-hydrogen) atoms. The van der Waals surface area contributed by atoms with Gasteiger partial charge in [-0.3, -0.25) is 4.79 Å². The Morgan fingerprint density at radius 1 is 1.25 bits per heavy atom. The summed E-state index contributed by atoms with van der Waals surface area (Å²) in [5, 5.41) is 2.83. The van der Waals surface area contributed by atoms with Crippen LogP contribution in [0.5, 0.6) is 0 Å². The zero-order valence-electron chi connectivity index (χ0n) is 14.3. The second kappa shape index (κ2) is 7.42. The van der Waals surface area contributed by atoms with Gasteiger partial charge in [-0.15, -0.1) is 0 Å². The first kappa shape index (κ1) is 17.1. The Hall–Kier alpha value is -1.77. The molecule has 1 aromatic heterocycles. The van der Waals surface area contributed by atoms with Gasteiger partial charge in [0, 0.05) is 39.0 Å². The van der Waals surface area contributed by atoms with Gasteiger partial charge in [-0.05, 0) is 14.1 Å². The van der Waals surface area contributed by atoms with Gasteiger partial charge in [-0.1, -0.05) is 0 Å². The Labute approximate surface area is 142 Å². The number of ether oxygens (including phenoxy) is 2. The van der Waals surface area contributed by atoms with E-state index in [1.165, 1.54) is 6.20 Å². The lowest BCUT2D eigenvalue weighted by Crippen LogP contribution is -2.45. The average molecular weight is 335 g/mol. The van der Waals surface area contributed by atoms with Crippen molar-refractivity contribution in [1.29, 1.82) is 0 Å². The van der Waals surface area contributed by atoms with Gasteiger partial charge >= 0.3 is 0 Å². The van der Waals surface area contributed by atoms with Crippen LogP contribution in [0.25, 0.3) is 0 Å². The molecule has 1 aromatic rings. The van der Waals surface area contributed by atoms with Gasteiger partial charge in [0.05, 0.1) is 25.6 Å². The van der Waals surface area contributed by atoms with Gasteiger partial charge in [0.15, 0.2) is 5.79 Å². The van der Waals surface area contributed by atoms with Crippen LogP contribution < -0.4 is 10.2 Å². The lowest BCUT2D eigenvalue weighted by molar-refractivity contribution is -0.169. The molecule has 2 aliphatic heterocycles. The summed E-state index contributed by atoms with van der Waals surface area (Å²) in [6, 6.07) is 0. The lowest BCUT2D eigenvalue weighted by atomic mass is 10.0. The van der Waals surface area contributed by atoms with E-state index in [2.05, 4.69) is 20.2 Å². The first-order valence-corrected chi connectivity index (χ1v) is 8.36. The fourth-order valence-corrected chi connectivity index (χ4v) is 2.95. The highest BCUT2D eigenvalue weighted by Crippen LogP contribution is 2.32. The summed E-state index contributed by atoms with van der Waals surface area (Å²) in [7, 11) is 3.93. The number of hydrogen-bond donors (Lipinski definition) is 1. The monoisotopic (exact) mass is 335 g/mol. The molecule has 1 N–H and O–H groups in total. The van der Waals surface area contributed by atoms with E-state index in [1.54, 1.807) is 6.20 Å². The zero-order valence-corrected chi connectivity index (χ0v) is 14.3. The molecule has 0 radical (unpaired) electrons. The van der Waals surface area contributed by atoms with Crippen molar-refractivity contribution in [1.82, 2.24) is 20.2 Å². The van der Waals surface area contributed by atoms with Gasteiger partial charge in [-0.2, -0.15) is 0 Å². The Kier molecular flexibility index (Phi) is 5.27. The minimum absolute atomic E-state index is 0.193. The maximum atomic E-state index is 12.0. The molecule has 8 heteroatoms. The topological polar surface area (TPSA) is 79.8 Å². The Morgan fingerprint density at radius 3 is 2.54 bits per heavy atom. The van der Waals surface area contributed by atoms with Crippen LogP contribution >= 0.6 is 0 Å². The number of piperidine rings is 1. The number of hydrogen-bond acceptors (Lipinski definition) is 7. The van der Waals surface area contributed by atoms with E-state index in [0.717, 1.165) is 38.3 Å². The molecule has 3 heterocycles. The molecule has 2 saturated heterocycles. The summed E-state index contributed by atoms with van der Waals surface area (Å²) in [5.41, 5.74) is 0.341. The van der Waals surface area contributed by atoms with Crippen LogP contribution in [0, 0.1) is 0 Å². The van der Waals surface area contributed by atoms with Crippen molar-refractivity contribution in [2.75, 3.05) is 58.4 Å². The smallest absolute Gasteiger partial charge is 0.271 e. The van der Waals surface area contributed by atoms with Crippen molar-refractivity contribution in [3.05, 3.63) is 18.1 Å². The summed E-state index contributed by atoms with van der Waals surface area (Å²) < 4.78 is 11.5. The number of anilines is 1. The summed E-state index contributed by atoms with van der Waals surface area (Å²) >= 11 is 0. The fourth-order valence-electron chi connectivity index (χ4n) is 2.95. The summed E-state index contributed by atoms with van der Waals surface area (Å²) in [6.45, 7) is 4.35.